The van der Waals surface area contributed by atoms with E-state index in [4.69, 9.17) is 4.74 Å². The van der Waals surface area contributed by atoms with Crippen molar-refractivity contribution in [2.75, 3.05) is 6.61 Å². The minimum absolute atomic E-state index is 0.177. The van der Waals surface area contributed by atoms with Crippen LogP contribution in [0.15, 0.2) is 48.7 Å². The summed E-state index contributed by atoms with van der Waals surface area (Å²) in [4.78, 5) is 16.1. The van der Waals surface area contributed by atoms with Crippen LogP contribution in [0.4, 0.5) is 0 Å². The number of fused-ring (bicyclic) bond motifs is 1. The monoisotopic (exact) mass is 322 g/mol. The van der Waals surface area contributed by atoms with Gasteiger partial charge in [-0.3, -0.25) is 9.89 Å². The normalized spacial score (nSPS) is 11.0. The first-order valence-corrected chi connectivity index (χ1v) is 7.73. The van der Waals surface area contributed by atoms with Gasteiger partial charge in [0.15, 0.2) is 5.65 Å². The van der Waals surface area contributed by atoms with Crippen molar-refractivity contribution in [3.8, 4) is 5.75 Å². The molecule has 0 atom stereocenters. The highest BCUT2D eigenvalue weighted by Gasteiger charge is 2.03. The number of pyridine rings is 1. The van der Waals surface area contributed by atoms with Crippen LogP contribution in [0.2, 0.25) is 0 Å². The molecule has 2 heterocycles. The van der Waals surface area contributed by atoms with Crippen LogP contribution in [-0.2, 0) is 11.3 Å². The maximum absolute atomic E-state index is 11.9. The second-order valence-electron chi connectivity index (χ2n) is 5.14. The molecular weight excluding hydrogens is 304 g/mol. The third kappa shape index (κ3) is 3.78. The number of aromatic nitrogens is 3. The first-order chi connectivity index (χ1) is 11.8. The second kappa shape index (κ2) is 7.41. The molecule has 6 nitrogen and oxygen atoms in total. The van der Waals surface area contributed by atoms with Crippen LogP contribution in [0.1, 0.15) is 18.2 Å². The van der Waals surface area contributed by atoms with Gasteiger partial charge < -0.3 is 10.1 Å². The summed E-state index contributed by atoms with van der Waals surface area (Å²) in [5, 5.41) is 10.7. The number of aromatic amines is 1. The van der Waals surface area contributed by atoms with E-state index < -0.39 is 0 Å². The number of nitrogens with zero attached hydrogens (tertiary/aromatic N) is 2. The molecule has 24 heavy (non-hydrogen) atoms. The zero-order valence-corrected chi connectivity index (χ0v) is 13.3. The summed E-state index contributed by atoms with van der Waals surface area (Å²) in [7, 11) is 0. The molecule has 0 aliphatic rings. The molecule has 0 unspecified atom stereocenters. The number of nitrogens with one attached hydrogen (secondary N) is 2. The molecule has 122 valence electrons. The van der Waals surface area contributed by atoms with Crippen LogP contribution in [0.3, 0.4) is 0 Å². The Bertz CT molecular complexity index is 853. The Hall–Kier alpha value is -3.15. The van der Waals surface area contributed by atoms with Crippen molar-refractivity contribution in [3.05, 3.63) is 59.9 Å². The van der Waals surface area contributed by atoms with Gasteiger partial charge in [0.1, 0.15) is 5.75 Å². The van der Waals surface area contributed by atoms with E-state index in [0.29, 0.717) is 24.5 Å². The highest BCUT2D eigenvalue weighted by molar-refractivity contribution is 5.94. The van der Waals surface area contributed by atoms with Crippen molar-refractivity contribution in [2.45, 2.75) is 13.5 Å². The standard InChI is InChI=1S/C18H18N4O2/c1-2-24-14-7-5-13(6-8-14)12-20-17(23)10-9-16-15-4-3-11-19-18(15)22-21-16/h3-11H,2,12H2,1H3,(H,20,23)(H,19,21,22)/b10-9+. The SMILES string of the molecule is CCOc1ccc(CNC(=O)/C=C/c2n[nH]c3ncccc23)cc1. The lowest BCUT2D eigenvalue weighted by molar-refractivity contribution is -0.116. The van der Waals surface area contributed by atoms with Gasteiger partial charge in [0.05, 0.1) is 12.3 Å². The van der Waals surface area contributed by atoms with Crippen LogP contribution >= 0.6 is 0 Å². The number of benzene rings is 1. The van der Waals surface area contributed by atoms with Gasteiger partial charge in [0, 0.05) is 24.2 Å². The van der Waals surface area contributed by atoms with Gasteiger partial charge >= 0.3 is 0 Å². The summed E-state index contributed by atoms with van der Waals surface area (Å²) in [5.41, 5.74) is 2.40. The summed E-state index contributed by atoms with van der Waals surface area (Å²) in [5.74, 6) is 0.649. The van der Waals surface area contributed by atoms with Crippen LogP contribution in [0.5, 0.6) is 5.75 Å². The largest absolute Gasteiger partial charge is 0.494 e. The number of rotatable bonds is 6. The van der Waals surface area contributed by atoms with Crippen molar-refractivity contribution in [2.24, 2.45) is 0 Å². The predicted octanol–water partition coefficient (Wildman–Crippen LogP) is 2.69. The van der Waals surface area contributed by atoms with Crippen molar-refractivity contribution < 1.29 is 9.53 Å². The molecule has 0 fully saturated rings. The predicted molar refractivity (Wildman–Crippen MR) is 92.4 cm³/mol. The lowest BCUT2D eigenvalue weighted by Gasteiger charge is -2.05. The number of H-pyrrole nitrogens is 1. The Balaban J connectivity index is 1.57. The third-order valence-electron chi connectivity index (χ3n) is 3.46. The Labute approximate surface area is 139 Å². The zero-order valence-electron chi connectivity index (χ0n) is 13.3. The quantitative estimate of drug-likeness (QED) is 0.684. The fraction of sp³-hybridized carbons (Fsp3) is 0.167. The van der Waals surface area contributed by atoms with Crippen molar-refractivity contribution in [3.63, 3.8) is 0 Å². The number of amides is 1. The summed E-state index contributed by atoms with van der Waals surface area (Å²) in [6, 6.07) is 11.4. The second-order valence-corrected chi connectivity index (χ2v) is 5.14. The van der Waals surface area contributed by atoms with Gasteiger partial charge in [0.2, 0.25) is 5.91 Å². The van der Waals surface area contributed by atoms with E-state index in [1.54, 1.807) is 12.3 Å². The molecule has 0 aliphatic carbocycles. The minimum Gasteiger partial charge on any atom is -0.494 e. The van der Waals surface area contributed by atoms with E-state index in [1.165, 1.54) is 6.08 Å². The van der Waals surface area contributed by atoms with Gasteiger partial charge in [-0.05, 0) is 42.8 Å². The molecule has 0 spiro atoms. The number of hydrogen-bond acceptors (Lipinski definition) is 4. The molecule has 0 saturated carbocycles. The number of carbonyl (C=O) groups is 1. The molecule has 3 rings (SSSR count). The van der Waals surface area contributed by atoms with Gasteiger partial charge in [-0.2, -0.15) is 5.10 Å². The average Bonchev–Trinajstić information content (AvgIpc) is 3.03. The maximum atomic E-state index is 11.9. The van der Waals surface area contributed by atoms with E-state index >= 15 is 0 Å². The first kappa shape index (κ1) is 15.7. The Morgan fingerprint density at radius 3 is 2.92 bits per heavy atom. The van der Waals surface area contributed by atoms with Crippen molar-refractivity contribution in [1.29, 1.82) is 0 Å². The van der Waals surface area contributed by atoms with Crippen molar-refractivity contribution >= 4 is 23.0 Å². The minimum atomic E-state index is -0.177. The lowest BCUT2D eigenvalue weighted by Crippen LogP contribution is -2.20. The van der Waals surface area contributed by atoms with Gasteiger partial charge in [-0.1, -0.05) is 12.1 Å². The van der Waals surface area contributed by atoms with Crippen LogP contribution in [0, 0.1) is 0 Å². The first-order valence-electron chi connectivity index (χ1n) is 7.73. The molecule has 2 aromatic heterocycles. The van der Waals surface area contributed by atoms with E-state index in [9.17, 15) is 4.79 Å². The smallest absolute Gasteiger partial charge is 0.244 e. The van der Waals surface area contributed by atoms with E-state index in [1.807, 2.05) is 43.3 Å². The van der Waals surface area contributed by atoms with Gasteiger partial charge in [-0.15, -0.1) is 0 Å². The molecule has 3 aromatic rings. The summed E-state index contributed by atoms with van der Waals surface area (Å²) < 4.78 is 5.39. The lowest BCUT2D eigenvalue weighted by atomic mass is 10.2. The number of hydrogen-bond donors (Lipinski definition) is 2. The molecule has 0 saturated heterocycles. The summed E-state index contributed by atoms with van der Waals surface area (Å²) >= 11 is 0. The third-order valence-corrected chi connectivity index (χ3v) is 3.46. The molecule has 0 radical (unpaired) electrons. The molecule has 1 aromatic carbocycles. The maximum Gasteiger partial charge on any atom is 0.244 e. The zero-order chi connectivity index (χ0) is 16.8. The molecular formula is C18H18N4O2. The van der Waals surface area contributed by atoms with E-state index in [-0.39, 0.29) is 5.91 Å². The highest BCUT2D eigenvalue weighted by atomic mass is 16.5. The summed E-state index contributed by atoms with van der Waals surface area (Å²) in [6.07, 6.45) is 4.84. The molecule has 0 aliphatic heterocycles. The highest BCUT2D eigenvalue weighted by Crippen LogP contribution is 2.14. The fourth-order valence-corrected chi connectivity index (χ4v) is 2.27. The van der Waals surface area contributed by atoms with Gasteiger partial charge in [-0.25, -0.2) is 4.98 Å². The fourth-order valence-electron chi connectivity index (χ4n) is 2.27. The summed E-state index contributed by atoms with van der Waals surface area (Å²) in [6.45, 7) is 3.04. The van der Waals surface area contributed by atoms with Gasteiger partial charge in [0.25, 0.3) is 0 Å². The Morgan fingerprint density at radius 2 is 2.12 bits per heavy atom. The van der Waals surface area contributed by atoms with Crippen molar-refractivity contribution in [1.82, 2.24) is 20.5 Å². The average molecular weight is 322 g/mol. The van der Waals surface area contributed by atoms with E-state index in [2.05, 4.69) is 20.5 Å². The van der Waals surface area contributed by atoms with Crippen LogP contribution in [-0.4, -0.2) is 27.7 Å². The number of ether oxygens (including phenoxy) is 1. The Kier molecular flexibility index (Phi) is 4.86. The molecule has 6 heteroatoms. The van der Waals surface area contributed by atoms with Crippen LogP contribution in [0.25, 0.3) is 17.1 Å². The molecule has 1 amide bonds. The topological polar surface area (TPSA) is 79.9 Å². The Morgan fingerprint density at radius 1 is 1.29 bits per heavy atom. The molecule has 0 bridgehead atoms. The van der Waals surface area contributed by atoms with Crippen LogP contribution < -0.4 is 10.1 Å². The number of carbonyl (C=O) groups excluding carboxylic acids is 1. The molecule has 2 N–H and O–H groups in total. The van der Waals surface area contributed by atoms with E-state index in [0.717, 1.165) is 16.7 Å².